The molecule has 2 aliphatic rings. The van der Waals surface area contributed by atoms with E-state index in [4.69, 9.17) is 4.98 Å². The van der Waals surface area contributed by atoms with Crippen molar-refractivity contribution in [1.82, 2.24) is 4.98 Å². The zero-order valence-electron chi connectivity index (χ0n) is 13.2. The van der Waals surface area contributed by atoms with Crippen LogP contribution in [-0.4, -0.2) is 4.98 Å². The number of fused-ring (bicyclic) bond motifs is 1. The number of anilines is 2. The second kappa shape index (κ2) is 5.38. The number of aryl methyl sites for hydroxylation is 4. The third-order valence-corrected chi connectivity index (χ3v) is 5.70. The van der Waals surface area contributed by atoms with E-state index in [1.807, 2.05) is 0 Å². The number of benzene rings is 1. The Bertz CT molecular complexity index is 748. The van der Waals surface area contributed by atoms with Crippen LogP contribution in [0.15, 0.2) is 22.7 Å². The van der Waals surface area contributed by atoms with Gasteiger partial charge in [-0.2, -0.15) is 0 Å². The summed E-state index contributed by atoms with van der Waals surface area (Å²) in [7, 11) is 0. The van der Waals surface area contributed by atoms with Crippen molar-refractivity contribution in [3.8, 4) is 0 Å². The van der Waals surface area contributed by atoms with Crippen molar-refractivity contribution in [3.63, 3.8) is 0 Å². The van der Waals surface area contributed by atoms with Crippen LogP contribution < -0.4 is 5.32 Å². The predicted octanol–water partition coefficient (Wildman–Crippen LogP) is 5.57. The van der Waals surface area contributed by atoms with Crippen LogP contribution in [0.25, 0.3) is 0 Å². The van der Waals surface area contributed by atoms with E-state index in [0.717, 1.165) is 12.2 Å². The standard InChI is InChI=1S/C19H21BrN2/c1-11-9-18(15(10-16(11)20)13-6-7-13)22-19-12(2)8-14-4-3-5-17(14)21-19/h8-10,13H,3-7H2,1-2H3,(H,21,22). The molecule has 0 spiro atoms. The molecule has 0 saturated heterocycles. The normalized spacial score (nSPS) is 16.7. The zero-order valence-corrected chi connectivity index (χ0v) is 14.8. The van der Waals surface area contributed by atoms with Crippen LogP contribution in [0.2, 0.25) is 0 Å². The predicted molar refractivity (Wildman–Crippen MR) is 95.1 cm³/mol. The maximum Gasteiger partial charge on any atom is 0.133 e. The van der Waals surface area contributed by atoms with Gasteiger partial charge in [0.05, 0.1) is 0 Å². The van der Waals surface area contributed by atoms with Gasteiger partial charge in [-0.1, -0.05) is 22.0 Å². The largest absolute Gasteiger partial charge is 0.340 e. The molecule has 1 saturated carbocycles. The molecule has 0 radical (unpaired) electrons. The maximum absolute atomic E-state index is 4.90. The molecule has 1 aromatic carbocycles. The average molecular weight is 357 g/mol. The third-order valence-electron chi connectivity index (χ3n) is 4.84. The van der Waals surface area contributed by atoms with Gasteiger partial charge in [0, 0.05) is 15.9 Å². The summed E-state index contributed by atoms with van der Waals surface area (Å²) in [6.07, 6.45) is 6.17. The number of hydrogen-bond donors (Lipinski definition) is 1. The zero-order chi connectivity index (χ0) is 15.3. The van der Waals surface area contributed by atoms with E-state index >= 15 is 0 Å². The second-order valence-corrected chi connectivity index (χ2v) is 7.56. The lowest BCUT2D eigenvalue weighted by Crippen LogP contribution is -2.03. The molecule has 1 N–H and O–H groups in total. The van der Waals surface area contributed by atoms with Gasteiger partial charge in [0.1, 0.15) is 5.82 Å². The van der Waals surface area contributed by atoms with Crippen LogP contribution in [-0.2, 0) is 12.8 Å². The molecule has 3 heteroatoms. The number of pyridine rings is 1. The minimum atomic E-state index is 0.717. The van der Waals surface area contributed by atoms with Gasteiger partial charge in [-0.05, 0) is 86.3 Å². The average Bonchev–Trinajstić information content (AvgIpc) is 3.23. The molecule has 1 heterocycles. The fourth-order valence-corrected chi connectivity index (χ4v) is 3.74. The summed E-state index contributed by atoms with van der Waals surface area (Å²) >= 11 is 3.67. The Labute approximate surface area is 140 Å². The highest BCUT2D eigenvalue weighted by molar-refractivity contribution is 9.10. The van der Waals surface area contributed by atoms with Gasteiger partial charge in [0.25, 0.3) is 0 Å². The first-order valence-electron chi connectivity index (χ1n) is 8.18. The SMILES string of the molecule is Cc1cc(Nc2nc3c(cc2C)CCC3)c(C2CC2)cc1Br. The fourth-order valence-electron chi connectivity index (χ4n) is 3.38. The van der Waals surface area contributed by atoms with Crippen molar-refractivity contribution in [1.29, 1.82) is 0 Å². The molecular weight excluding hydrogens is 336 g/mol. The number of aromatic nitrogens is 1. The van der Waals surface area contributed by atoms with Gasteiger partial charge in [-0.3, -0.25) is 0 Å². The molecule has 2 nitrogen and oxygen atoms in total. The molecular formula is C19H21BrN2. The summed E-state index contributed by atoms with van der Waals surface area (Å²) in [5, 5.41) is 3.63. The Balaban J connectivity index is 1.73. The molecule has 22 heavy (non-hydrogen) atoms. The summed E-state index contributed by atoms with van der Waals surface area (Å²) in [5.74, 6) is 1.75. The smallest absolute Gasteiger partial charge is 0.133 e. The first-order chi connectivity index (χ1) is 10.6. The number of hydrogen-bond acceptors (Lipinski definition) is 2. The highest BCUT2D eigenvalue weighted by Gasteiger charge is 2.27. The summed E-state index contributed by atoms with van der Waals surface area (Å²) in [6, 6.07) is 6.87. The quantitative estimate of drug-likeness (QED) is 0.777. The van der Waals surface area contributed by atoms with Gasteiger partial charge in [-0.25, -0.2) is 4.98 Å². The van der Waals surface area contributed by atoms with Crippen LogP contribution in [0.1, 0.15) is 53.1 Å². The van der Waals surface area contributed by atoms with Gasteiger partial charge < -0.3 is 5.32 Å². The molecule has 114 valence electrons. The lowest BCUT2D eigenvalue weighted by molar-refractivity contribution is 0.900. The Morgan fingerprint density at radius 3 is 2.68 bits per heavy atom. The van der Waals surface area contributed by atoms with Crippen LogP contribution in [0.5, 0.6) is 0 Å². The van der Waals surface area contributed by atoms with Crippen molar-refractivity contribution < 1.29 is 0 Å². The van der Waals surface area contributed by atoms with E-state index in [-0.39, 0.29) is 0 Å². The van der Waals surface area contributed by atoms with Crippen molar-refractivity contribution in [3.05, 3.63) is 50.6 Å². The summed E-state index contributed by atoms with van der Waals surface area (Å²) in [5.41, 5.74) is 7.91. The lowest BCUT2D eigenvalue weighted by atomic mass is 10.0. The highest BCUT2D eigenvalue weighted by atomic mass is 79.9. The molecule has 2 aromatic rings. The second-order valence-electron chi connectivity index (χ2n) is 6.70. The Kier molecular flexibility index (Phi) is 3.48. The van der Waals surface area contributed by atoms with Crippen molar-refractivity contribution in [2.75, 3.05) is 5.32 Å². The van der Waals surface area contributed by atoms with E-state index in [1.54, 1.807) is 0 Å². The molecule has 0 unspecified atom stereocenters. The highest BCUT2D eigenvalue weighted by Crippen LogP contribution is 2.45. The lowest BCUT2D eigenvalue weighted by Gasteiger charge is -2.16. The molecule has 1 aromatic heterocycles. The molecule has 0 aliphatic heterocycles. The summed E-state index contributed by atoms with van der Waals surface area (Å²) < 4.78 is 1.21. The molecule has 1 fully saturated rings. The van der Waals surface area contributed by atoms with E-state index in [2.05, 4.69) is 53.3 Å². The summed E-state index contributed by atoms with van der Waals surface area (Å²) in [4.78, 5) is 4.90. The molecule has 0 atom stereocenters. The first-order valence-corrected chi connectivity index (χ1v) is 8.97. The number of nitrogens with one attached hydrogen (secondary N) is 1. The van der Waals surface area contributed by atoms with E-state index < -0.39 is 0 Å². The van der Waals surface area contributed by atoms with E-state index in [0.29, 0.717) is 5.92 Å². The topological polar surface area (TPSA) is 24.9 Å². The summed E-state index contributed by atoms with van der Waals surface area (Å²) in [6.45, 7) is 4.31. The van der Waals surface area contributed by atoms with E-state index in [1.165, 1.54) is 63.8 Å². The first kappa shape index (κ1) is 14.3. The molecule has 0 amide bonds. The maximum atomic E-state index is 4.90. The number of halogens is 1. The van der Waals surface area contributed by atoms with Crippen LogP contribution in [0.4, 0.5) is 11.5 Å². The molecule has 0 bridgehead atoms. The van der Waals surface area contributed by atoms with Crippen molar-refractivity contribution in [2.24, 2.45) is 0 Å². The molecule has 4 rings (SSSR count). The van der Waals surface area contributed by atoms with Crippen LogP contribution >= 0.6 is 15.9 Å². The third kappa shape index (κ3) is 2.56. The Morgan fingerprint density at radius 2 is 1.91 bits per heavy atom. The Hall–Kier alpha value is -1.35. The number of rotatable bonds is 3. The van der Waals surface area contributed by atoms with Gasteiger partial charge >= 0.3 is 0 Å². The van der Waals surface area contributed by atoms with Crippen molar-refractivity contribution >= 4 is 27.4 Å². The number of nitrogens with zero attached hydrogens (tertiary/aromatic N) is 1. The van der Waals surface area contributed by atoms with Crippen LogP contribution in [0.3, 0.4) is 0 Å². The minimum Gasteiger partial charge on any atom is -0.340 e. The fraction of sp³-hybridized carbons (Fsp3) is 0.421. The van der Waals surface area contributed by atoms with Gasteiger partial charge in [0.15, 0.2) is 0 Å². The molecule has 2 aliphatic carbocycles. The van der Waals surface area contributed by atoms with E-state index in [9.17, 15) is 0 Å². The van der Waals surface area contributed by atoms with Crippen LogP contribution in [0, 0.1) is 13.8 Å². The minimum absolute atomic E-state index is 0.717. The van der Waals surface area contributed by atoms with Gasteiger partial charge in [-0.15, -0.1) is 0 Å². The van der Waals surface area contributed by atoms with Gasteiger partial charge in [0.2, 0.25) is 0 Å². The monoisotopic (exact) mass is 356 g/mol. The van der Waals surface area contributed by atoms with Crippen molar-refractivity contribution in [2.45, 2.75) is 51.9 Å². The Morgan fingerprint density at radius 1 is 1.09 bits per heavy atom.